The molecule has 0 spiro atoms. The lowest BCUT2D eigenvalue weighted by molar-refractivity contribution is -0.205. The molecule has 12 nitrogen and oxygen atoms in total. The van der Waals surface area contributed by atoms with Crippen molar-refractivity contribution in [3.05, 3.63) is 29.3 Å². The van der Waals surface area contributed by atoms with Crippen LogP contribution in [-0.2, 0) is 28.7 Å². The summed E-state index contributed by atoms with van der Waals surface area (Å²) in [5.41, 5.74) is 8.11. The number of nitrogens with two attached hydrogens (primary N) is 2. The summed E-state index contributed by atoms with van der Waals surface area (Å²) in [5, 5.41) is 22.4. The van der Waals surface area contributed by atoms with E-state index in [0.29, 0.717) is 24.9 Å². The number of nitrogens with zero attached hydrogens (tertiary/aromatic N) is 1. The van der Waals surface area contributed by atoms with Crippen molar-refractivity contribution >= 4 is 35.0 Å². The smallest absolute Gasteiger partial charge is 0.306 e. The Morgan fingerprint density at radius 1 is 1.10 bits per heavy atom. The Balaban J connectivity index is 1.95. The fourth-order valence-corrected chi connectivity index (χ4v) is 6.69. The third-order valence-electron chi connectivity index (χ3n) is 8.43. The fourth-order valence-electron chi connectivity index (χ4n) is 6.69. The summed E-state index contributed by atoms with van der Waals surface area (Å²) >= 11 is 0. The first-order valence-electron chi connectivity index (χ1n) is 12.9. The van der Waals surface area contributed by atoms with Gasteiger partial charge in [0.25, 0.3) is 0 Å². The van der Waals surface area contributed by atoms with E-state index in [-0.39, 0.29) is 17.7 Å². The molecule has 12 heteroatoms. The van der Waals surface area contributed by atoms with Crippen LogP contribution in [0, 0.1) is 23.7 Å². The Bertz CT molecular complexity index is 1260. The molecule has 2 saturated carbocycles. The largest absolute Gasteiger partial charge is 0.507 e. The molecule has 6 N–H and O–H groups in total. The van der Waals surface area contributed by atoms with Crippen molar-refractivity contribution in [2.75, 3.05) is 20.6 Å². The van der Waals surface area contributed by atoms with Gasteiger partial charge in [-0.05, 0) is 51.0 Å². The number of primary amides is 1. The quantitative estimate of drug-likeness (QED) is 0.188. The molecular weight excluding hydrogens is 510 g/mol. The molecule has 3 aliphatic carbocycles. The minimum atomic E-state index is -3.04. The number of benzene rings is 1. The lowest BCUT2D eigenvalue weighted by Gasteiger charge is -2.56. The van der Waals surface area contributed by atoms with Gasteiger partial charge in [-0.3, -0.25) is 33.7 Å². The first-order valence-corrected chi connectivity index (χ1v) is 12.9. The lowest BCUT2D eigenvalue weighted by Crippen LogP contribution is -2.78. The Labute approximate surface area is 224 Å². The first kappa shape index (κ1) is 28.5. The number of phenolic OH excluding ortho intramolecular Hbond substituents is 1. The topological polar surface area (TPSA) is 207 Å². The fraction of sp³-hybridized carbons (Fsp3) is 0.556. The van der Waals surface area contributed by atoms with E-state index in [2.05, 4.69) is 0 Å². The molecule has 39 heavy (non-hydrogen) atoms. The van der Waals surface area contributed by atoms with Crippen molar-refractivity contribution in [2.45, 2.75) is 49.9 Å². The van der Waals surface area contributed by atoms with Gasteiger partial charge in [-0.15, -0.1) is 0 Å². The predicted octanol–water partition coefficient (Wildman–Crippen LogP) is -0.921. The molecule has 210 valence electrons. The molecule has 2 fully saturated rings. The van der Waals surface area contributed by atoms with Crippen molar-refractivity contribution in [2.24, 2.45) is 35.1 Å². The molecule has 0 bridgehead atoms. The number of carbonyl (C=O) groups is 6. The van der Waals surface area contributed by atoms with E-state index in [1.165, 1.54) is 31.1 Å². The maximum absolute atomic E-state index is 14.1. The van der Waals surface area contributed by atoms with Gasteiger partial charge < -0.3 is 26.4 Å². The first-order chi connectivity index (χ1) is 18.3. The molecule has 1 aromatic carbocycles. The average molecular weight is 544 g/mol. The summed E-state index contributed by atoms with van der Waals surface area (Å²) in [6, 6.07) is 2.98. The van der Waals surface area contributed by atoms with Crippen molar-refractivity contribution in [3.8, 4) is 5.75 Å². The van der Waals surface area contributed by atoms with Crippen LogP contribution >= 0.6 is 0 Å². The van der Waals surface area contributed by atoms with Crippen LogP contribution < -0.4 is 11.5 Å². The van der Waals surface area contributed by atoms with Gasteiger partial charge in [0.2, 0.25) is 5.91 Å². The second-order valence-corrected chi connectivity index (χ2v) is 10.8. The molecule has 2 unspecified atom stereocenters. The van der Waals surface area contributed by atoms with E-state index in [4.69, 9.17) is 16.2 Å². The number of esters is 1. The molecule has 0 heterocycles. The van der Waals surface area contributed by atoms with Crippen LogP contribution in [0.2, 0.25) is 0 Å². The number of hydrogen-bond acceptors (Lipinski definition) is 11. The second-order valence-electron chi connectivity index (χ2n) is 10.8. The molecule has 0 aliphatic heterocycles. The van der Waals surface area contributed by atoms with Gasteiger partial charge in [-0.2, -0.15) is 0 Å². The lowest BCUT2D eigenvalue weighted by atomic mass is 9.49. The Morgan fingerprint density at radius 3 is 2.36 bits per heavy atom. The molecule has 1 amide bonds. The minimum Gasteiger partial charge on any atom is -0.507 e. The molecule has 1 aromatic rings. The normalized spacial score (nSPS) is 33.8. The number of likely N-dealkylation sites (N-methyl/N-ethyl adjacent to an activating group) is 1. The molecular formula is C27H33N3O9. The van der Waals surface area contributed by atoms with Gasteiger partial charge in [-0.1, -0.05) is 19.1 Å². The number of rotatable bonds is 7. The van der Waals surface area contributed by atoms with Gasteiger partial charge >= 0.3 is 5.97 Å². The van der Waals surface area contributed by atoms with Crippen molar-refractivity contribution < 1.29 is 43.7 Å². The van der Waals surface area contributed by atoms with Crippen LogP contribution in [0.15, 0.2) is 18.2 Å². The number of ether oxygens (including phenoxy) is 1. The summed E-state index contributed by atoms with van der Waals surface area (Å²) in [6.07, 6.45) is -0.612. The number of aliphatic hydroxyl groups is 1. The second kappa shape index (κ2) is 10.2. The highest BCUT2D eigenvalue weighted by Gasteiger charge is 2.74. The number of amides is 1. The van der Waals surface area contributed by atoms with Gasteiger partial charge in [0.15, 0.2) is 34.7 Å². The zero-order valence-electron chi connectivity index (χ0n) is 22.0. The van der Waals surface area contributed by atoms with E-state index < -0.39 is 82.3 Å². The molecule has 4 rings (SSSR count). The van der Waals surface area contributed by atoms with Gasteiger partial charge in [0.1, 0.15) is 11.9 Å². The van der Waals surface area contributed by atoms with Gasteiger partial charge in [0.05, 0.1) is 23.4 Å². The number of ketones is 4. The summed E-state index contributed by atoms with van der Waals surface area (Å²) in [7, 11) is 2.91. The van der Waals surface area contributed by atoms with E-state index in [0.717, 1.165) is 0 Å². The maximum atomic E-state index is 14.1. The number of carbonyl (C=O) groups excluding carboxylic acids is 6. The third-order valence-corrected chi connectivity index (χ3v) is 8.43. The molecule has 0 radical (unpaired) electrons. The number of aromatic hydroxyl groups is 1. The van der Waals surface area contributed by atoms with E-state index in [1.807, 2.05) is 0 Å². The zero-order chi connectivity index (χ0) is 29.0. The van der Waals surface area contributed by atoms with Gasteiger partial charge in [-0.25, -0.2) is 0 Å². The Morgan fingerprint density at radius 2 is 1.77 bits per heavy atom. The molecule has 0 aromatic heterocycles. The number of Topliss-reactive ketones (excluding diaryl/α,β-unsaturated/α-hetero) is 4. The Kier molecular flexibility index (Phi) is 7.50. The predicted molar refractivity (Wildman–Crippen MR) is 134 cm³/mol. The van der Waals surface area contributed by atoms with Crippen molar-refractivity contribution in [1.29, 1.82) is 0 Å². The Hall–Kier alpha value is -3.48. The number of hydrogen-bond donors (Lipinski definition) is 4. The highest BCUT2D eigenvalue weighted by Crippen LogP contribution is 2.55. The number of phenols is 1. The van der Waals surface area contributed by atoms with Crippen molar-refractivity contribution in [1.82, 2.24) is 4.90 Å². The average Bonchev–Trinajstić information content (AvgIpc) is 2.85. The van der Waals surface area contributed by atoms with E-state index >= 15 is 0 Å². The van der Waals surface area contributed by atoms with E-state index in [1.54, 1.807) is 13.0 Å². The monoisotopic (exact) mass is 543 g/mol. The van der Waals surface area contributed by atoms with E-state index in [9.17, 15) is 39.0 Å². The van der Waals surface area contributed by atoms with Crippen LogP contribution in [0.25, 0.3) is 0 Å². The SMILES string of the molecule is C[C@H]1c2cccc(O)c2C(=O)C2C(=O)[C@]3(O)C(=O)C(C(N)=O)C(=O)[C@@H](N(C)C)[C@@H]3[C@@H](OC(=O)CCCCN)[C@@H]21. The van der Waals surface area contributed by atoms with Crippen LogP contribution in [-0.4, -0.2) is 88.5 Å². The molecule has 8 atom stereocenters. The van der Waals surface area contributed by atoms with Crippen LogP contribution in [0.1, 0.15) is 48.0 Å². The molecule has 0 saturated heterocycles. The summed E-state index contributed by atoms with van der Waals surface area (Å²) < 4.78 is 5.87. The number of fused-ring (bicyclic) bond motifs is 3. The highest BCUT2D eigenvalue weighted by molar-refractivity contribution is 6.32. The maximum Gasteiger partial charge on any atom is 0.306 e. The summed E-state index contributed by atoms with van der Waals surface area (Å²) in [5.74, 6) is -14.1. The van der Waals surface area contributed by atoms with Crippen LogP contribution in [0.5, 0.6) is 5.75 Å². The molecule has 3 aliphatic rings. The zero-order valence-corrected chi connectivity index (χ0v) is 22.0. The number of unbranched alkanes of at least 4 members (excludes halogenated alkanes) is 1. The van der Waals surface area contributed by atoms with Crippen LogP contribution in [0.3, 0.4) is 0 Å². The minimum absolute atomic E-state index is 0.0671. The summed E-state index contributed by atoms with van der Waals surface area (Å²) in [4.78, 5) is 81.5. The standard InChI is InChI=1S/C27H33N3O9/c1-11-12-7-6-8-13(31)16(12)21(33)17-15(11)23(39-14(32)9-4-5-10-28)19-20(30(2)3)22(34)18(26(29)37)25(36)27(19,38)24(17)35/h6-8,11,15,17-20,23,31,38H,4-5,9-10,28H2,1-3H3,(H2,29,37)/t11-,15+,17?,18?,19+,20-,23-,27-/m0/s1. The van der Waals surface area contributed by atoms with Crippen LogP contribution in [0.4, 0.5) is 0 Å². The van der Waals surface area contributed by atoms with Crippen molar-refractivity contribution in [3.63, 3.8) is 0 Å². The summed E-state index contributed by atoms with van der Waals surface area (Å²) in [6.45, 7) is 2.02. The highest BCUT2D eigenvalue weighted by atomic mass is 16.5. The van der Waals surface area contributed by atoms with Gasteiger partial charge in [0, 0.05) is 12.3 Å². The third kappa shape index (κ3) is 4.17.